The summed E-state index contributed by atoms with van der Waals surface area (Å²) < 4.78 is 7.73. The lowest BCUT2D eigenvalue weighted by molar-refractivity contribution is -0.708. The van der Waals surface area contributed by atoms with Gasteiger partial charge in [-0.3, -0.25) is 4.90 Å². The number of piperidine rings is 1. The van der Waals surface area contributed by atoms with Crippen LogP contribution >= 0.6 is 0 Å². The molecule has 1 unspecified atom stereocenters. The number of nitrogens with one attached hydrogen (secondary N) is 1. The fourth-order valence-electron chi connectivity index (χ4n) is 14.0. The van der Waals surface area contributed by atoms with Crippen molar-refractivity contribution in [3.05, 3.63) is 66.5 Å². The van der Waals surface area contributed by atoms with Gasteiger partial charge >= 0.3 is 0 Å². The molecule has 2 aliphatic carbocycles. The van der Waals surface area contributed by atoms with E-state index >= 15 is 0 Å². The number of piperazine rings is 1. The molecule has 1 atom stereocenters. The van der Waals surface area contributed by atoms with Gasteiger partial charge in [-0.05, 0) is 169 Å². The zero-order valence-electron chi connectivity index (χ0n) is 72.6. The first kappa shape index (κ1) is 97.2. The standard InChI is InChI=1S/C11H24O.C11H22.C11H16.C10H22N2.C10H21N.C10H16N.C10H20.C9H19N.C9H20/c1-10(2)6-8-12-9-7-11(3,4)5;2*1-11(2,3)9-10-7-5-4-6-8-10;1-9(10(2,3)4)12-7-5-11-6-8-12;2*1-10(2,3)9-11-7-5-4-6-8-11;1-10(2,3)8-9-6-4-5-7-9;1-9(2,3)8-10-6-4-5-7-10;1-8(2,3)7-9(4,5)6/h10H,6-9H2,1-5H3;10H,4-9H2,1-3H3;4-8H,9H2,1-3H3;9,11H,5-8H2,1-4H3;4-9H2,1-3H3;4-8H,9H2,1-3H3;9H,4-8H2,1-3H3;4-8H2,1-3H3;7H2,1-6H3/q;;;;;+1;;;. The Labute approximate surface area is 612 Å². The number of aromatic nitrogens is 1. The van der Waals surface area contributed by atoms with Gasteiger partial charge in [-0.1, -0.05) is 322 Å². The largest absolute Gasteiger partial charge is 0.381 e. The van der Waals surface area contributed by atoms with Crippen molar-refractivity contribution in [3.8, 4) is 0 Å². The van der Waals surface area contributed by atoms with E-state index in [1.165, 1.54) is 173 Å². The van der Waals surface area contributed by atoms with Crippen molar-refractivity contribution in [2.24, 2.45) is 71.9 Å². The number of ether oxygens (including phenoxy) is 1. The first-order chi connectivity index (χ1) is 44.1. The van der Waals surface area contributed by atoms with E-state index in [0.29, 0.717) is 60.2 Å². The van der Waals surface area contributed by atoms with Gasteiger partial charge in [0, 0.05) is 76.1 Å². The third-order valence-corrected chi connectivity index (χ3v) is 17.9. The normalized spacial score (nSPS) is 18.0. The zero-order valence-corrected chi connectivity index (χ0v) is 72.6. The highest BCUT2D eigenvalue weighted by molar-refractivity contribution is 5.15. The molecule has 6 nitrogen and oxygen atoms in total. The summed E-state index contributed by atoms with van der Waals surface area (Å²) in [6.07, 6.45) is 32.4. The van der Waals surface area contributed by atoms with Crippen LogP contribution in [0.25, 0.3) is 0 Å². The Balaban J connectivity index is 0. The minimum atomic E-state index is 0.367. The van der Waals surface area contributed by atoms with Crippen LogP contribution in [0.15, 0.2) is 60.9 Å². The van der Waals surface area contributed by atoms with Gasteiger partial charge in [0.1, 0.15) is 0 Å². The van der Waals surface area contributed by atoms with E-state index in [0.717, 1.165) is 63.4 Å². The molecule has 5 aliphatic rings. The Bertz CT molecular complexity index is 1960. The summed E-state index contributed by atoms with van der Waals surface area (Å²) in [5.41, 5.74) is 6.09. The second kappa shape index (κ2) is 48.2. The van der Waals surface area contributed by atoms with Crippen LogP contribution in [0.3, 0.4) is 0 Å². The average Bonchev–Trinajstić information content (AvgIpc) is 1.83. The van der Waals surface area contributed by atoms with Gasteiger partial charge in [0.05, 0.1) is 0 Å². The Hall–Kier alpha value is -1.83. The number of nitrogens with zero attached hydrogens (tertiary/aromatic N) is 4. The molecule has 4 heterocycles. The van der Waals surface area contributed by atoms with E-state index in [1.807, 2.05) is 6.07 Å². The maximum absolute atomic E-state index is 5.52. The van der Waals surface area contributed by atoms with Crippen molar-refractivity contribution >= 4 is 0 Å². The lowest BCUT2D eigenvalue weighted by atomic mass is 9.78. The molecule has 0 spiro atoms. The van der Waals surface area contributed by atoms with Gasteiger partial charge in [-0.15, -0.1) is 0 Å². The highest BCUT2D eigenvalue weighted by atomic mass is 16.5. The molecule has 2 aromatic rings. The second-order valence-corrected chi connectivity index (χ2v) is 43.2. The number of benzene rings is 1. The van der Waals surface area contributed by atoms with Crippen LogP contribution in [-0.4, -0.2) is 99.4 Å². The van der Waals surface area contributed by atoms with E-state index in [-0.39, 0.29) is 0 Å². The van der Waals surface area contributed by atoms with Crippen LogP contribution in [0.2, 0.25) is 0 Å². The maximum atomic E-state index is 5.52. The molecule has 3 saturated heterocycles. The maximum Gasteiger partial charge on any atom is 0.168 e. The molecule has 1 aromatic carbocycles. The van der Waals surface area contributed by atoms with E-state index in [2.05, 4.69) is 308 Å². The van der Waals surface area contributed by atoms with Crippen molar-refractivity contribution in [1.29, 1.82) is 0 Å². The summed E-state index contributed by atoms with van der Waals surface area (Å²) >= 11 is 0. The van der Waals surface area contributed by atoms with Gasteiger partial charge in [-0.2, -0.15) is 0 Å². The number of likely N-dealkylation sites (tertiary alicyclic amines) is 2. The molecule has 574 valence electrons. The van der Waals surface area contributed by atoms with Gasteiger partial charge < -0.3 is 19.9 Å². The van der Waals surface area contributed by atoms with Crippen LogP contribution in [0.1, 0.15) is 356 Å². The van der Waals surface area contributed by atoms with Crippen molar-refractivity contribution < 1.29 is 9.30 Å². The minimum Gasteiger partial charge on any atom is -0.381 e. The molecular formula is C91H180N5O+. The van der Waals surface area contributed by atoms with Crippen LogP contribution < -0.4 is 9.88 Å². The number of pyridine rings is 1. The summed E-state index contributed by atoms with van der Waals surface area (Å²) in [4.78, 5) is 7.75. The summed E-state index contributed by atoms with van der Waals surface area (Å²) in [7, 11) is 0. The van der Waals surface area contributed by atoms with Crippen LogP contribution in [-0.2, 0) is 17.7 Å². The first-order valence-corrected chi connectivity index (χ1v) is 40.6. The molecule has 6 heteroatoms. The molecular weight excluding hydrogens is 1180 g/mol. The fourth-order valence-corrected chi connectivity index (χ4v) is 14.0. The molecule has 5 fully saturated rings. The minimum absolute atomic E-state index is 0.367. The number of rotatable bonds is 12. The Kier molecular flexibility index (Phi) is 48.4. The lowest BCUT2D eigenvalue weighted by Crippen LogP contribution is -2.51. The van der Waals surface area contributed by atoms with Crippen LogP contribution in [0, 0.1) is 71.9 Å². The number of hydrogen-bond acceptors (Lipinski definition) is 5. The molecule has 97 heavy (non-hydrogen) atoms. The molecule has 0 amide bonds. The smallest absolute Gasteiger partial charge is 0.168 e. The summed E-state index contributed by atoms with van der Waals surface area (Å²) in [5.74, 6) is 2.86. The van der Waals surface area contributed by atoms with E-state index in [1.54, 1.807) is 0 Å². The average molecular weight is 1360 g/mol. The van der Waals surface area contributed by atoms with Crippen LogP contribution in [0.4, 0.5) is 0 Å². The second-order valence-electron chi connectivity index (χ2n) is 43.2. The van der Waals surface area contributed by atoms with Crippen molar-refractivity contribution in [2.45, 2.75) is 369 Å². The van der Waals surface area contributed by atoms with Crippen LogP contribution in [0.5, 0.6) is 0 Å². The third-order valence-electron chi connectivity index (χ3n) is 17.9. The Morgan fingerprint density at radius 3 is 1.12 bits per heavy atom. The predicted molar refractivity (Wildman–Crippen MR) is 438 cm³/mol. The highest BCUT2D eigenvalue weighted by Crippen LogP contribution is 2.36. The van der Waals surface area contributed by atoms with E-state index in [4.69, 9.17) is 4.74 Å². The molecule has 2 saturated carbocycles. The van der Waals surface area contributed by atoms with E-state index < -0.39 is 0 Å². The number of hydrogen-bond donors (Lipinski definition) is 1. The molecule has 0 radical (unpaired) electrons. The SMILES string of the molecule is CC(C)(C)CC(C)(C)C.CC(C)(C)CC1CCCC1.CC(C)(C)CC1CCCCC1.CC(C)(C)CN1CCCC1.CC(C)(C)CN1CCCCC1.CC(C)(C)C[n+]1ccccc1.CC(C)(C)Cc1ccccc1.CC(C)CCOCCC(C)(C)C.CC(N1CCNCC1)C(C)(C)C. The topological polar surface area (TPSA) is 34.9 Å². The highest BCUT2D eigenvalue weighted by Gasteiger charge is 2.28. The zero-order chi connectivity index (χ0) is 75.0. The van der Waals surface area contributed by atoms with Gasteiger partial charge in [0.15, 0.2) is 18.9 Å². The Morgan fingerprint density at radius 2 is 0.794 bits per heavy atom. The molecule has 7 rings (SSSR count). The fraction of sp³-hybridized carbons (Fsp3) is 0.879. The first-order valence-electron chi connectivity index (χ1n) is 40.6. The molecule has 1 N–H and O–H groups in total. The van der Waals surface area contributed by atoms with Crippen molar-refractivity contribution in [3.63, 3.8) is 0 Å². The molecule has 3 aliphatic heterocycles. The predicted octanol–water partition coefficient (Wildman–Crippen LogP) is 25.8. The molecule has 0 bridgehead atoms. The molecule has 1 aromatic heterocycles. The summed E-state index contributed by atoms with van der Waals surface area (Å²) in [5, 5.41) is 3.38. The lowest BCUT2D eigenvalue weighted by Gasteiger charge is -2.40. The van der Waals surface area contributed by atoms with Gasteiger partial charge in [0.2, 0.25) is 0 Å². The monoisotopic (exact) mass is 1360 g/mol. The van der Waals surface area contributed by atoms with Gasteiger partial charge in [0.25, 0.3) is 0 Å². The Morgan fingerprint density at radius 1 is 0.412 bits per heavy atom. The summed E-state index contributed by atoms with van der Waals surface area (Å²) in [6, 6.07) is 17.5. The quantitative estimate of drug-likeness (QED) is 0.169. The summed E-state index contributed by atoms with van der Waals surface area (Å²) in [6.45, 7) is 91.3. The van der Waals surface area contributed by atoms with E-state index in [9.17, 15) is 0 Å². The van der Waals surface area contributed by atoms with Crippen molar-refractivity contribution in [2.75, 3.05) is 78.7 Å². The van der Waals surface area contributed by atoms with Gasteiger partial charge in [-0.25, -0.2) is 4.57 Å². The van der Waals surface area contributed by atoms with Crippen molar-refractivity contribution in [1.82, 2.24) is 20.0 Å². The third kappa shape index (κ3) is 69.7.